The molecule has 2 aromatic carbocycles. The van der Waals surface area contributed by atoms with Crippen molar-refractivity contribution >= 4 is 5.91 Å². The van der Waals surface area contributed by atoms with Crippen molar-refractivity contribution < 1.29 is 28.0 Å². The first kappa shape index (κ1) is 16.3. The van der Waals surface area contributed by atoms with Gasteiger partial charge >= 0.3 is 0 Å². The Morgan fingerprint density at radius 1 is 1.13 bits per heavy atom. The minimum Gasteiger partial charge on any atom is -0.493 e. The predicted molar refractivity (Wildman–Crippen MR) is 119 cm³/mol. The molecule has 0 spiro atoms. The Morgan fingerprint density at radius 2 is 1.77 bits per heavy atom. The summed E-state index contributed by atoms with van der Waals surface area (Å²) in [6.07, 6.45) is 2.00. The summed E-state index contributed by atoms with van der Waals surface area (Å²) in [5, 5.41) is 24.5. The van der Waals surface area contributed by atoms with Gasteiger partial charge in [0.05, 0.1) is 18.2 Å². The number of amides is 1. The monoisotopic (exact) mass is 419 g/mol. The number of nitrogens with one attached hydrogen (secondary N) is 1. The molecule has 0 bridgehead atoms. The molecule has 0 saturated heterocycles. The summed E-state index contributed by atoms with van der Waals surface area (Å²) in [6, 6.07) is 11.8. The number of hydrogen-bond donors (Lipinski definition) is 3. The Labute approximate surface area is 188 Å². The second-order valence-electron chi connectivity index (χ2n) is 7.88. The number of rotatable bonds is 10. The molecular formula is C25H35NO4. The SMILES string of the molecule is [2H]C([2H])([2H])C(O)([C@H](NC(=O)[C@](C)(O)c1ccccc1)c1ccc(OC[C@@H](C)CCC)cc1)C([2H])([2H])[2H]. The molecule has 0 radical (unpaired) electrons. The van der Waals surface area contributed by atoms with Gasteiger partial charge in [0, 0.05) is 8.22 Å². The predicted octanol–water partition coefficient (Wildman–Crippen LogP) is 4.34. The van der Waals surface area contributed by atoms with Gasteiger partial charge in [0.1, 0.15) is 5.75 Å². The number of hydrogen-bond acceptors (Lipinski definition) is 4. The first-order valence-corrected chi connectivity index (χ1v) is 10.1. The van der Waals surface area contributed by atoms with E-state index in [2.05, 4.69) is 19.2 Å². The molecule has 0 unspecified atom stereocenters. The van der Waals surface area contributed by atoms with E-state index in [0.717, 1.165) is 12.8 Å². The highest BCUT2D eigenvalue weighted by Crippen LogP contribution is 2.29. The number of aliphatic hydroxyl groups is 2. The summed E-state index contributed by atoms with van der Waals surface area (Å²) < 4.78 is 52.9. The summed E-state index contributed by atoms with van der Waals surface area (Å²) in [6.45, 7) is -1.05. The topological polar surface area (TPSA) is 78.8 Å². The third kappa shape index (κ3) is 6.31. The summed E-state index contributed by atoms with van der Waals surface area (Å²) in [7, 11) is 0. The van der Waals surface area contributed by atoms with Gasteiger partial charge in [-0.1, -0.05) is 62.7 Å². The number of carbonyl (C=O) groups is 1. The van der Waals surface area contributed by atoms with Crippen LogP contribution in [0.3, 0.4) is 0 Å². The highest BCUT2D eigenvalue weighted by atomic mass is 16.5. The zero-order valence-electron chi connectivity index (χ0n) is 23.7. The maximum atomic E-state index is 13.2. The van der Waals surface area contributed by atoms with Crippen LogP contribution in [0, 0.1) is 5.92 Å². The van der Waals surface area contributed by atoms with Crippen molar-refractivity contribution in [2.75, 3.05) is 6.61 Å². The van der Waals surface area contributed by atoms with E-state index in [1.54, 1.807) is 18.2 Å². The smallest absolute Gasteiger partial charge is 0.256 e. The fourth-order valence-corrected chi connectivity index (χ4v) is 3.17. The second-order valence-corrected chi connectivity index (χ2v) is 7.88. The van der Waals surface area contributed by atoms with Crippen LogP contribution in [0.15, 0.2) is 54.6 Å². The zero-order valence-corrected chi connectivity index (χ0v) is 17.7. The number of carbonyl (C=O) groups excluding carboxylic acids is 1. The highest BCUT2D eigenvalue weighted by molar-refractivity contribution is 5.86. The third-order valence-corrected chi connectivity index (χ3v) is 5.00. The molecule has 3 N–H and O–H groups in total. The second kappa shape index (κ2) is 10.1. The minimum absolute atomic E-state index is 0.0240. The van der Waals surface area contributed by atoms with Crippen molar-refractivity contribution in [2.45, 2.75) is 64.6 Å². The Morgan fingerprint density at radius 3 is 2.33 bits per heavy atom. The largest absolute Gasteiger partial charge is 0.493 e. The Hall–Kier alpha value is -2.37. The summed E-state index contributed by atoms with van der Waals surface area (Å²) in [4.78, 5) is 13.2. The molecule has 2 aromatic rings. The van der Waals surface area contributed by atoms with Crippen molar-refractivity contribution in [3.05, 3.63) is 65.7 Å². The highest BCUT2D eigenvalue weighted by Gasteiger charge is 2.37. The Balaban J connectivity index is 2.49. The van der Waals surface area contributed by atoms with Crippen LogP contribution in [0.4, 0.5) is 0 Å². The van der Waals surface area contributed by atoms with E-state index in [1.165, 1.54) is 43.3 Å². The molecule has 5 heteroatoms. The average Bonchev–Trinajstić information content (AvgIpc) is 2.80. The van der Waals surface area contributed by atoms with E-state index < -0.39 is 36.9 Å². The molecule has 0 heterocycles. The van der Waals surface area contributed by atoms with E-state index in [1.807, 2.05) is 0 Å². The van der Waals surface area contributed by atoms with Crippen LogP contribution in [-0.2, 0) is 10.4 Å². The van der Waals surface area contributed by atoms with Gasteiger partial charge in [-0.05, 0) is 56.2 Å². The molecular weight excluding hydrogens is 378 g/mol. The van der Waals surface area contributed by atoms with Crippen molar-refractivity contribution in [3.63, 3.8) is 0 Å². The van der Waals surface area contributed by atoms with Crippen LogP contribution >= 0.6 is 0 Å². The lowest BCUT2D eigenvalue weighted by Crippen LogP contribution is -2.49. The standard InChI is InChI=1S/C25H35NO4/c1-6-10-18(2)17-30-21-15-13-19(14-16-21)22(24(3,4)28)26-23(27)25(5,29)20-11-8-7-9-12-20/h7-9,11-16,18,22,28-29H,6,10,17H2,1-5H3,(H,26,27)/t18-,22+,25+/m0/s1/i3D3,4D3. The van der Waals surface area contributed by atoms with E-state index in [4.69, 9.17) is 13.0 Å². The minimum atomic E-state index is -3.42. The third-order valence-electron chi connectivity index (χ3n) is 5.00. The van der Waals surface area contributed by atoms with Gasteiger partial charge in [-0.15, -0.1) is 0 Å². The lowest BCUT2D eigenvalue weighted by Gasteiger charge is -2.33. The van der Waals surface area contributed by atoms with Gasteiger partial charge in [0.2, 0.25) is 0 Å². The summed E-state index contributed by atoms with van der Waals surface area (Å²) >= 11 is 0. The van der Waals surface area contributed by atoms with Gasteiger partial charge in [0.25, 0.3) is 5.91 Å². The molecule has 0 aliphatic heterocycles. The molecule has 0 aliphatic rings. The molecule has 0 fully saturated rings. The normalized spacial score (nSPS) is 19.5. The fourth-order valence-electron chi connectivity index (χ4n) is 3.17. The van der Waals surface area contributed by atoms with Crippen molar-refractivity contribution in [1.29, 1.82) is 0 Å². The van der Waals surface area contributed by atoms with Gasteiger partial charge in [0.15, 0.2) is 5.60 Å². The molecule has 164 valence electrons. The van der Waals surface area contributed by atoms with Crippen molar-refractivity contribution in [1.82, 2.24) is 5.32 Å². The molecule has 3 atom stereocenters. The summed E-state index contributed by atoms with van der Waals surface area (Å²) in [5.74, 6) is -0.285. The maximum Gasteiger partial charge on any atom is 0.256 e. The molecule has 0 aliphatic carbocycles. The Kier molecular flexibility index (Phi) is 5.50. The van der Waals surface area contributed by atoms with E-state index in [0.29, 0.717) is 18.3 Å². The van der Waals surface area contributed by atoms with Crippen molar-refractivity contribution in [2.24, 2.45) is 5.92 Å². The first-order valence-electron chi connectivity index (χ1n) is 13.1. The van der Waals surface area contributed by atoms with E-state index in [9.17, 15) is 15.0 Å². The molecule has 30 heavy (non-hydrogen) atoms. The van der Waals surface area contributed by atoms with Crippen LogP contribution in [0.1, 0.15) is 72.7 Å². The fraction of sp³-hybridized carbons (Fsp3) is 0.480. The maximum absolute atomic E-state index is 13.2. The van der Waals surface area contributed by atoms with Crippen LogP contribution in [0.2, 0.25) is 0 Å². The van der Waals surface area contributed by atoms with Gasteiger partial charge in [-0.25, -0.2) is 0 Å². The van der Waals surface area contributed by atoms with Crippen LogP contribution < -0.4 is 10.1 Å². The van der Waals surface area contributed by atoms with Crippen LogP contribution in [0.5, 0.6) is 5.75 Å². The van der Waals surface area contributed by atoms with E-state index in [-0.39, 0.29) is 11.1 Å². The van der Waals surface area contributed by atoms with Gasteiger partial charge in [-0.2, -0.15) is 0 Å². The number of benzene rings is 2. The van der Waals surface area contributed by atoms with Crippen molar-refractivity contribution in [3.8, 4) is 5.75 Å². The Bertz CT molecular complexity index is 976. The molecule has 2 rings (SSSR count). The van der Waals surface area contributed by atoms with Gasteiger partial charge < -0.3 is 20.3 Å². The quantitative estimate of drug-likeness (QED) is 0.535. The molecule has 1 amide bonds. The summed E-state index contributed by atoms with van der Waals surface area (Å²) in [5.41, 5.74) is -5.27. The zero-order chi connectivity index (χ0) is 27.4. The van der Waals surface area contributed by atoms with Gasteiger partial charge in [-0.3, -0.25) is 4.79 Å². The molecule has 0 saturated carbocycles. The molecule has 5 nitrogen and oxygen atoms in total. The lowest BCUT2D eigenvalue weighted by atomic mass is 9.89. The van der Waals surface area contributed by atoms with E-state index >= 15 is 0 Å². The first-order chi connectivity index (χ1) is 16.6. The lowest BCUT2D eigenvalue weighted by molar-refractivity contribution is -0.141. The molecule has 0 aromatic heterocycles. The van der Waals surface area contributed by atoms with Crippen LogP contribution in [0.25, 0.3) is 0 Å². The van der Waals surface area contributed by atoms with Crippen LogP contribution in [-0.4, -0.2) is 28.3 Å². The number of ether oxygens (including phenoxy) is 1. The average molecular weight is 420 g/mol.